The minimum absolute atomic E-state index is 0.0149. The predicted octanol–water partition coefficient (Wildman–Crippen LogP) is 5.39. The van der Waals surface area contributed by atoms with Crippen LogP contribution in [0.3, 0.4) is 0 Å². The third kappa shape index (κ3) is 3.41. The maximum absolute atomic E-state index is 12.7. The van der Waals surface area contributed by atoms with E-state index < -0.39 is 0 Å². The molecule has 126 valence electrons. The molecule has 3 nitrogen and oxygen atoms in total. The molecule has 3 aromatic rings. The molecule has 0 fully saturated rings. The van der Waals surface area contributed by atoms with E-state index in [0.29, 0.717) is 0 Å². The van der Waals surface area contributed by atoms with E-state index in [1.165, 1.54) is 0 Å². The van der Waals surface area contributed by atoms with Crippen LogP contribution in [0.2, 0.25) is 0 Å². The molecular weight excluding hydrogens is 310 g/mol. The van der Waals surface area contributed by atoms with E-state index in [2.05, 4.69) is 12.2 Å². The molecule has 2 N–H and O–H groups in total. The standard InChI is InChI=1S/C22H21NO2/c1-3-8-15-11-7-12-20(18(15)4-2)23-22(25)19-13-16-9-5-6-10-17(16)14-21(19)24/h3,5-14,24H,4H2,1-2H3,(H,23,25)/b8-3-. The highest BCUT2D eigenvalue weighted by Gasteiger charge is 2.15. The van der Waals surface area contributed by atoms with Gasteiger partial charge in [-0.05, 0) is 53.4 Å². The zero-order valence-electron chi connectivity index (χ0n) is 14.4. The van der Waals surface area contributed by atoms with Gasteiger partial charge in [0.2, 0.25) is 0 Å². The average Bonchev–Trinajstić information content (AvgIpc) is 2.61. The number of phenols is 1. The minimum Gasteiger partial charge on any atom is -0.507 e. The van der Waals surface area contributed by atoms with Crippen molar-refractivity contribution in [2.24, 2.45) is 0 Å². The summed E-state index contributed by atoms with van der Waals surface area (Å²) < 4.78 is 0. The van der Waals surface area contributed by atoms with Crippen LogP contribution in [0.5, 0.6) is 5.75 Å². The van der Waals surface area contributed by atoms with Crippen molar-refractivity contribution in [3.05, 3.63) is 77.4 Å². The van der Waals surface area contributed by atoms with Crippen molar-refractivity contribution in [3.8, 4) is 5.75 Å². The van der Waals surface area contributed by atoms with Crippen molar-refractivity contribution in [1.29, 1.82) is 0 Å². The molecule has 0 bridgehead atoms. The largest absolute Gasteiger partial charge is 0.507 e. The predicted molar refractivity (Wildman–Crippen MR) is 104 cm³/mol. The highest BCUT2D eigenvalue weighted by molar-refractivity contribution is 6.09. The summed E-state index contributed by atoms with van der Waals surface area (Å²) in [4.78, 5) is 12.7. The van der Waals surface area contributed by atoms with Crippen molar-refractivity contribution in [2.75, 3.05) is 5.32 Å². The fourth-order valence-electron chi connectivity index (χ4n) is 3.05. The van der Waals surface area contributed by atoms with Crippen LogP contribution >= 0.6 is 0 Å². The summed E-state index contributed by atoms with van der Waals surface area (Å²) in [6.07, 6.45) is 4.82. The molecule has 0 aromatic heterocycles. The highest BCUT2D eigenvalue weighted by Crippen LogP contribution is 2.27. The van der Waals surface area contributed by atoms with E-state index >= 15 is 0 Å². The lowest BCUT2D eigenvalue weighted by Gasteiger charge is -2.13. The van der Waals surface area contributed by atoms with Gasteiger partial charge in [-0.2, -0.15) is 0 Å². The minimum atomic E-state index is -0.310. The Balaban J connectivity index is 1.98. The van der Waals surface area contributed by atoms with E-state index in [-0.39, 0.29) is 17.2 Å². The number of rotatable bonds is 4. The normalized spacial score (nSPS) is 11.1. The van der Waals surface area contributed by atoms with Crippen molar-refractivity contribution in [2.45, 2.75) is 20.3 Å². The summed E-state index contributed by atoms with van der Waals surface area (Å²) in [6.45, 7) is 4.03. The first-order chi connectivity index (χ1) is 12.1. The topological polar surface area (TPSA) is 49.3 Å². The zero-order valence-corrected chi connectivity index (χ0v) is 14.4. The number of amides is 1. The van der Waals surface area contributed by atoms with E-state index in [1.807, 2.05) is 61.5 Å². The lowest BCUT2D eigenvalue weighted by Crippen LogP contribution is -2.14. The van der Waals surface area contributed by atoms with Crippen molar-refractivity contribution < 1.29 is 9.90 Å². The van der Waals surface area contributed by atoms with Crippen LogP contribution in [-0.4, -0.2) is 11.0 Å². The number of allylic oxidation sites excluding steroid dienone is 1. The number of benzene rings is 3. The second kappa shape index (κ2) is 7.22. The third-order valence-corrected chi connectivity index (χ3v) is 4.27. The van der Waals surface area contributed by atoms with E-state index in [9.17, 15) is 9.90 Å². The third-order valence-electron chi connectivity index (χ3n) is 4.27. The summed E-state index contributed by atoms with van der Waals surface area (Å²) in [5.74, 6) is -0.325. The number of aromatic hydroxyl groups is 1. The van der Waals surface area contributed by atoms with Gasteiger partial charge in [0.1, 0.15) is 5.75 Å². The first-order valence-corrected chi connectivity index (χ1v) is 8.41. The van der Waals surface area contributed by atoms with Gasteiger partial charge < -0.3 is 10.4 Å². The summed E-state index contributed by atoms with van der Waals surface area (Å²) in [5, 5.41) is 15.0. The Labute approximate surface area is 147 Å². The number of carbonyl (C=O) groups is 1. The van der Waals surface area contributed by atoms with Crippen molar-refractivity contribution in [1.82, 2.24) is 0 Å². The summed E-state index contributed by atoms with van der Waals surface area (Å²) in [6, 6.07) is 16.8. The van der Waals surface area contributed by atoms with Gasteiger partial charge in [0.25, 0.3) is 5.91 Å². The Bertz CT molecular complexity index is 957. The molecule has 0 atom stereocenters. The molecule has 0 saturated heterocycles. The molecule has 3 rings (SSSR count). The fourth-order valence-corrected chi connectivity index (χ4v) is 3.05. The smallest absolute Gasteiger partial charge is 0.259 e. The molecule has 0 heterocycles. The molecule has 25 heavy (non-hydrogen) atoms. The molecule has 3 aromatic carbocycles. The molecule has 0 aliphatic heterocycles. The molecular formula is C22H21NO2. The van der Waals surface area contributed by atoms with Crippen LogP contribution in [0.1, 0.15) is 35.3 Å². The Morgan fingerprint density at radius 2 is 1.80 bits per heavy atom. The van der Waals surface area contributed by atoms with Gasteiger partial charge in [-0.25, -0.2) is 0 Å². The molecule has 0 unspecified atom stereocenters. The monoisotopic (exact) mass is 331 g/mol. The SMILES string of the molecule is C/C=C\c1cccc(NC(=O)c2cc3ccccc3cc2O)c1CC. The number of hydrogen-bond donors (Lipinski definition) is 2. The quantitative estimate of drug-likeness (QED) is 0.673. The van der Waals surface area contributed by atoms with Crippen molar-refractivity contribution >= 4 is 28.4 Å². The maximum atomic E-state index is 12.7. The van der Waals surface area contributed by atoms with Crippen molar-refractivity contribution in [3.63, 3.8) is 0 Å². The van der Waals surface area contributed by atoms with Crippen LogP contribution in [0, 0.1) is 0 Å². The fraction of sp³-hybridized carbons (Fsp3) is 0.136. The Kier molecular flexibility index (Phi) is 4.85. The number of carbonyl (C=O) groups excluding carboxylic acids is 1. The lowest BCUT2D eigenvalue weighted by molar-refractivity contribution is 0.102. The van der Waals surface area contributed by atoms with Crippen LogP contribution in [-0.2, 0) is 6.42 Å². The Morgan fingerprint density at radius 3 is 2.48 bits per heavy atom. The summed E-state index contributed by atoms with van der Waals surface area (Å²) in [5.41, 5.74) is 3.22. The zero-order chi connectivity index (χ0) is 17.8. The van der Waals surface area contributed by atoms with Gasteiger partial charge in [0.05, 0.1) is 5.56 Å². The van der Waals surface area contributed by atoms with Gasteiger partial charge in [0, 0.05) is 5.69 Å². The summed E-state index contributed by atoms with van der Waals surface area (Å²) >= 11 is 0. The first-order valence-electron chi connectivity index (χ1n) is 8.41. The number of phenolic OH excluding ortho intramolecular Hbond substituents is 1. The number of anilines is 1. The molecule has 0 saturated carbocycles. The second-order valence-corrected chi connectivity index (χ2v) is 5.90. The number of nitrogens with one attached hydrogen (secondary N) is 1. The van der Waals surface area contributed by atoms with Crippen LogP contribution < -0.4 is 5.32 Å². The summed E-state index contributed by atoms with van der Waals surface area (Å²) in [7, 11) is 0. The molecule has 1 amide bonds. The van der Waals surface area contributed by atoms with Crippen LogP contribution in [0.25, 0.3) is 16.8 Å². The Morgan fingerprint density at radius 1 is 1.08 bits per heavy atom. The van der Waals surface area contributed by atoms with Gasteiger partial charge in [0.15, 0.2) is 0 Å². The second-order valence-electron chi connectivity index (χ2n) is 5.90. The van der Waals surface area contributed by atoms with Gasteiger partial charge in [-0.15, -0.1) is 0 Å². The van der Waals surface area contributed by atoms with Gasteiger partial charge >= 0.3 is 0 Å². The first kappa shape index (κ1) is 16.8. The van der Waals surface area contributed by atoms with Gasteiger partial charge in [-0.1, -0.05) is 55.5 Å². The Hall–Kier alpha value is -3.07. The molecule has 0 radical (unpaired) electrons. The van der Waals surface area contributed by atoms with E-state index in [1.54, 1.807) is 12.1 Å². The number of hydrogen-bond acceptors (Lipinski definition) is 2. The molecule has 0 aliphatic rings. The molecule has 0 aliphatic carbocycles. The molecule has 3 heteroatoms. The average molecular weight is 331 g/mol. The van der Waals surface area contributed by atoms with E-state index in [4.69, 9.17) is 0 Å². The maximum Gasteiger partial charge on any atom is 0.259 e. The van der Waals surface area contributed by atoms with E-state index in [0.717, 1.165) is 34.0 Å². The van der Waals surface area contributed by atoms with Crippen LogP contribution in [0.4, 0.5) is 5.69 Å². The molecule has 0 spiro atoms. The number of fused-ring (bicyclic) bond motifs is 1. The highest BCUT2D eigenvalue weighted by atomic mass is 16.3. The van der Waals surface area contributed by atoms with Gasteiger partial charge in [-0.3, -0.25) is 4.79 Å². The van der Waals surface area contributed by atoms with Crippen LogP contribution in [0.15, 0.2) is 60.7 Å². The lowest BCUT2D eigenvalue weighted by atomic mass is 10.0.